The molecule has 0 radical (unpaired) electrons. The maximum Gasteiger partial charge on any atom is 0.0729 e. The van der Waals surface area contributed by atoms with Gasteiger partial charge in [0.05, 0.1) is 5.60 Å². The third-order valence-electron chi connectivity index (χ3n) is 4.35. The summed E-state index contributed by atoms with van der Waals surface area (Å²) >= 11 is 0. The molecule has 0 aromatic carbocycles. The summed E-state index contributed by atoms with van der Waals surface area (Å²) in [5.41, 5.74) is 3.01. The van der Waals surface area contributed by atoms with Crippen LogP contribution in [0, 0.1) is 5.92 Å². The molecule has 0 saturated carbocycles. The number of nitrogens with one attached hydrogen (secondary N) is 1. The van der Waals surface area contributed by atoms with Gasteiger partial charge in [-0.1, -0.05) is 0 Å². The van der Waals surface area contributed by atoms with Crippen LogP contribution in [0.5, 0.6) is 0 Å². The highest BCUT2D eigenvalue weighted by atomic mass is 16.5. The van der Waals surface area contributed by atoms with Gasteiger partial charge in [0.1, 0.15) is 0 Å². The number of hydrazine groups is 1. The molecule has 0 aromatic rings. The first kappa shape index (κ1) is 14.2. The molecule has 2 aliphatic heterocycles. The maximum absolute atomic E-state index is 6.06. The lowest BCUT2D eigenvalue weighted by molar-refractivity contribution is -0.150. The summed E-state index contributed by atoms with van der Waals surface area (Å²) in [5.74, 6) is 6.27. The molecule has 0 bridgehead atoms. The Bertz CT molecular complexity index is 239. The zero-order chi connectivity index (χ0) is 12.8. The third kappa shape index (κ3) is 3.42. The highest BCUT2D eigenvalue weighted by Gasteiger charge is 2.40. The van der Waals surface area contributed by atoms with Gasteiger partial charge in [0.2, 0.25) is 0 Å². The van der Waals surface area contributed by atoms with E-state index in [1.54, 1.807) is 7.11 Å². The van der Waals surface area contributed by atoms with Crippen LogP contribution in [0.2, 0.25) is 0 Å². The van der Waals surface area contributed by atoms with Crippen molar-refractivity contribution in [2.75, 3.05) is 33.5 Å². The number of nitrogens with two attached hydrogens (primary N) is 1. The Kier molecular flexibility index (Phi) is 5.38. The van der Waals surface area contributed by atoms with E-state index < -0.39 is 0 Å². The van der Waals surface area contributed by atoms with Gasteiger partial charge in [0.25, 0.3) is 0 Å². The Morgan fingerprint density at radius 2 is 2.17 bits per heavy atom. The van der Waals surface area contributed by atoms with Gasteiger partial charge in [-0.2, -0.15) is 0 Å². The third-order valence-corrected chi connectivity index (χ3v) is 4.35. The predicted octanol–water partition coefficient (Wildman–Crippen LogP) is 0.831. The fourth-order valence-electron chi connectivity index (χ4n) is 3.20. The topological polar surface area (TPSA) is 65.7 Å². The van der Waals surface area contributed by atoms with Gasteiger partial charge in [-0.15, -0.1) is 0 Å². The van der Waals surface area contributed by atoms with Gasteiger partial charge < -0.3 is 14.2 Å². The maximum atomic E-state index is 6.06. The van der Waals surface area contributed by atoms with E-state index >= 15 is 0 Å². The van der Waals surface area contributed by atoms with Gasteiger partial charge >= 0.3 is 0 Å². The monoisotopic (exact) mass is 258 g/mol. The van der Waals surface area contributed by atoms with Crippen molar-refractivity contribution in [2.45, 2.75) is 43.7 Å². The van der Waals surface area contributed by atoms with Crippen LogP contribution >= 0.6 is 0 Å². The molecule has 2 fully saturated rings. The van der Waals surface area contributed by atoms with Gasteiger partial charge in [-0.25, -0.2) is 0 Å². The van der Waals surface area contributed by atoms with E-state index in [4.69, 9.17) is 20.1 Å². The number of hydrogen-bond donors (Lipinski definition) is 2. The molecule has 106 valence electrons. The van der Waals surface area contributed by atoms with E-state index in [0.29, 0.717) is 12.0 Å². The van der Waals surface area contributed by atoms with Crippen LogP contribution in [0.25, 0.3) is 0 Å². The molecule has 3 N–H and O–H groups in total. The quantitative estimate of drug-likeness (QED) is 0.565. The fourth-order valence-corrected chi connectivity index (χ4v) is 3.20. The van der Waals surface area contributed by atoms with Crippen LogP contribution in [0.3, 0.4) is 0 Å². The molecule has 2 atom stereocenters. The minimum absolute atomic E-state index is 0.0450. The minimum atomic E-state index is 0.0450. The van der Waals surface area contributed by atoms with Crippen molar-refractivity contribution in [2.24, 2.45) is 11.8 Å². The van der Waals surface area contributed by atoms with E-state index in [2.05, 4.69) is 5.43 Å². The van der Waals surface area contributed by atoms with E-state index in [1.165, 1.54) is 0 Å². The molecule has 2 aliphatic rings. The lowest BCUT2D eigenvalue weighted by Crippen LogP contribution is -2.51. The Morgan fingerprint density at radius 3 is 2.83 bits per heavy atom. The second-order valence-corrected chi connectivity index (χ2v) is 5.45. The number of ether oxygens (including phenoxy) is 3. The summed E-state index contributed by atoms with van der Waals surface area (Å²) in [6, 6.07) is 0.327. The molecule has 18 heavy (non-hydrogen) atoms. The second-order valence-electron chi connectivity index (χ2n) is 5.45. The smallest absolute Gasteiger partial charge is 0.0729 e. The highest BCUT2D eigenvalue weighted by Crippen LogP contribution is 2.38. The Hall–Kier alpha value is -0.200. The largest absolute Gasteiger partial charge is 0.385 e. The van der Waals surface area contributed by atoms with Crippen molar-refractivity contribution in [3.8, 4) is 0 Å². The van der Waals surface area contributed by atoms with Crippen molar-refractivity contribution >= 4 is 0 Å². The normalized spacial score (nSPS) is 29.3. The van der Waals surface area contributed by atoms with E-state index in [1.807, 2.05) is 0 Å². The molecule has 5 heteroatoms. The molecule has 2 heterocycles. The van der Waals surface area contributed by atoms with E-state index in [-0.39, 0.29) is 5.60 Å². The van der Waals surface area contributed by atoms with Crippen LogP contribution in [0.4, 0.5) is 0 Å². The van der Waals surface area contributed by atoms with Gasteiger partial charge in [0.15, 0.2) is 0 Å². The number of hydrogen-bond acceptors (Lipinski definition) is 5. The first-order chi connectivity index (χ1) is 8.79. The molecular formula is C13H26N2O3. The van der Waals surface area contributed by atoms with Crippen molar-refractivity contribution in [1.29, 1.82) is 0 Å². The summed E-state index contributed by atoms with van der Waals surface area (Å²) in [4.78, 5) is 0. The zero-order valence-corrected chi connectivity index (χ0v) is 11.3. The average molecular weight is 258 g/mol. The summed E-state index contributed by atoms with van der Waals surface area (Å²) in [7, 11) is 1.73. The van der Waals surface area contributed by atoms with Crippen LogP contribution < -0.4 is 11.3 Å². The Morgan fingerprint density at radius 1 is 1.39 bits per heavy atom. The lowest BCUT2D eigenvalue weighted by atomic mass is 9.77. The van der Waals surface area contributed by atoms with Crippen molar-refractivity contribution in [3.05, 3.63) is 0 Å². The average Bonchev–Trinajstić information content (AvgIpc) is 2.41. The highest BCUT2D eigenvalue weighted by molar-refractivity contribution is 4.92. The summed E-state index contributed by atoms with van der Waals surface area (Å²) in [6.45, 7) is 3.25. The van der Waals surface area contributed by atoms with Crippen LogP contribution in [0.1, 0.15) is 32.1 Å². The molecule has 2 saturated heterocycles. The molecule has 2 unspecified atom stereocenters. The second kappa shape index (κ2) is 6.82. The number of rotatable bonds is 5. The predicted molar refractivity (Wildman–Crippen MR) is 69.1 cm³/mol. The lowest BCUT2D eigenvalue weighted by Gasteiger charge is -2.45. The SMILES string of the molecule is COCCC(NN)C1CCOC2(CCOCC2)C1. The van der Waals surface area contributed by atoms with Crippen LogP contribution in [0.15, 0.2) is 0 Å². The summed E-state index contributed by atoms with van der Waals surface area (Å²) in [6.07, 6.45) is 5.18. The first-order valence-corrected chi connectivity index (χ1v) is 6.96. The minimum Gasteiger partial charge on any atom is -0.385 e. The van der Waals surface area contributed by atoms with Gasteiger partial charge in [-0.05, 0) is 38.0 Å². The van der Waals surface area contributed by atoms with E-state index in [0.717, 1.165) is 58.5 Å². The van der Waals surface area contributed by atoms with Crippen molar-refractivity contribution in [3.63, 3.8) is 0 Å². The Labute approximate surface area is 109 Å². The number of methoxy groups -OCH3 is 1. The fraction of sp³-hybridized carbons (Fsp3) is 1.00. The molecule has 0 aromatic heterocycles. The molecule has 5 nitrogen and oxygen atoms in total. The van der Waals surface area contributed by atoms with Crippen molar-refractivity contribution in [1.82, 2.24) is 5.43 Å². The first-order valence-electron chi connectivity index (χ1n) is 6.96. The van der Waals surface area contributed by atoms with Crippen LogP contribution in [-0.4, -0.2) is 45.2 Å². The summed E-state index contributed by atoms with van der Waals surface area (Å²) in [5, 5.41) is 0. The van der Waals surface area contributed by atoms with Gasteiger partial charge in [-0.3, -0.25) is 11.3 Å². The Balaban J connectivity index is 1.91. The molecule has 0 aliphatic carbocycles. The summed E-state index contributed by atoms with van der Waals surface area (Å²) < 4.78 is 16.7. The molecular weight excluding hydrogens is 232 g/mol. The zero-order valence-electron chi connectivity index (χ0n) is 11.3. The molecule has 2 rings (SSSR count). The van der Waals surface area contributed by atoms with Crippen molar-refractivity contribution < 1.29 is 14.2 Å². The van der Waals surface area contributed by atoms with Gasteiger partial charge in [0, 0.05) is 39.6 Å². The molecule has 1 spiro atoms. The standard InChI is InChI=1S/C13H26N2O3/c1-16-6-3-12(15-14)11-2-7-18-13(10-11)4-8-17-9-5-13/h11-12,15H,2-10,14H2,1H3. The van der Waals surface area contributed by atoms with E-state index in [9.17, 15) is 0 Å². The van der Waals surface area contributed by atoms with Crippen LogP contribution in [-0.2, 0) is 14.2 Å². The molecule has 0 amide bonds.